The third-order valence-electron chi connectivity index (χ3n) is 3.97. The van der Waals surface area contributed by atoms with Gasteiger partial charge in [0.15, 0.2) is 0 Å². The maximum atomic E-state index is 12.2. The van der Waals surface area contributed by atoms with Crippen LogP contribution < -0.4 is 10.1 Å². The van der Waals surface area contributed by atoms with E-state index in [1.54, 1.807) is 55.0 Å². The number of aromatic nitrogens is 3. The Labute approximate surface area is 161 Å². The van der Waals surface area contributed by atoms with E-state index in [4.69, 9.17) is 4.74 Å². The number of nitrogens with one attached hydrogen (secondary N) is 1. The molecular weight excluding hydrogens is 352 g/mol. The molecule has 1 amide bonds. The molecule has 0 fully saturated rings. The predicted octanol–water partition coefficient (Wildman–Crippen LogP) is 4.47. The van der Waals surface area contributed by atoms with Gasteiger partial charge in [0.05, 0.1) is 5.52 Å². The average molecular weight is 368 g/mol. The summed E-state index contributed by atoms with van der Waals surface area (Å²) < 4.78 is 5.53. The second kappa shape index (κ2) is 8.09. The van der Waals surface area contributed by atoms with Gasteiger partial charge in [-0.1, -0.05) is 18.2 Å². The van der Waals surface area contributed by atoms with E-state index >= 15 is 0 Å². The van der Waals surface area contributed by atoms with E-state index in [0.29, 0.717) is 11.4 Å². The summed E-state index contributed by atoms with van der Waals surface area (Å²) in [5.74, 6) is 0.365. The monoisotopic (exact) mass is 368 g/mol. The zero-order chi connectivity index (χ0) is 19.2. The fraction of sp³-hybridized carbons (Fsp3) is 0. The summed E-state index contributed by atoms with van der Waals surface area (Å²) >= 11 is 0. The molecule has 6 heteroatoms. The molecule has 2 heterocycles. The molecule has 4 aromatic rings. The Bertz CT molecular complexity index is 1120. The molecule has 6 nitrogen and oxygen atoms in total. The van der Waals surface area contributed by atoms with Crippen LogP contribution in [0.4, 0.5) is 5.69 Å². The Morgan fingerprint density at radius 2 is 1.64 bits per heavy atom. The molecule has 0 aliphatic rings. The van der Waals surface area contributed by atoms with Crippen molar-refractivity contribution >= 4 is 28.6 Å². The molecule has 1 N–H and O–H groups in total. The van der Waals surface area contributed by atoms with Gasteiger partial charge in [-0.25, -0.2) is 9.97 Å². The predicted molar refractivity (Wildman–Crippen MR) is 108 cm³/mol. The van der Waals surface area contributed by atoms with Gasteiger partial charge in [0, 0.05) is 35.7 Å². The number of carbonyl (C=O) groups excluding carboxylic acids is 1. The molecule has 28 heavy (non-hydrogen) atoms. The fourth-order valence-electron chi connectivity index (χ4n) is 2.66. The molecule has 0 aliphatic carbocycles. The van der Waals surface area contributed by atoms with Gasteiger partial charge in [-0.15, -0.1) is 0 Å². The minimum atomic E-state index is -0.221. The maximum Gasteiger partial charge on any atom is 0.321 e. The molecule has 2 aromatic carbocycles. The van der Waals surface area contributed by atoms with E-state index in [1.165, 1.54) is 6.08 Å². The SMILES string of the molecule is O=C(/C=C/c1ccnc2ccccc12)Nc1ccc(Oc2ncccn2)cc1. The Kier molecular flexibility index (Phi) is 5.02. The molecule has 0 atom stereocenters. The standard InChI is InChI=1S/C22H16N4O2/c27-21(11-6-16-12-15-23-20-5-2-1-4-19(16)20)26-17-7-9-18(10-8-17)28-22-24-13-3-14-25-22/h1-15H,(H,26,27)/b11-6+. The summed E-state index contributed by atoms with van der Waals surface area (Å²) in [4.78, 5) is 24.6. The highest BCUT2D eigenvalue weighted by Crippen LogP contribution is 2.20. The van der Waals surface area contributed by atoms with Crippen molar-refractivity contribution in [3.63, 3.8) is 0 Å². The van der Waals surface area contributed by atoms with Crippen LogP contribution in [0.1, 0.15) is 5.56 Å². The topological polar surface area (TPSA) is 77.0 Å². The van der Waals surface area contributed by atoms with E-state index in [-0.39, 0.29) is 11.9 Å². The van der Waals surface area contributed by atoms with Crippen LogP contribution in [-0.2, 0) is 4.79 Å². The lowest BCUT2D eigenvalue weighted by Gasteiger charge is -2.05. The van der Waals surface area contributed by atoms with Gasteiger partial charge in [0.2, 0.25) is 5.91 Å². The van der Waals surface area contributed by atoms with Gasteiger partial charge in [-0.05, 0) is 54.1 Å². The summed E-state index contributed by atoms with van der Waals surface area (Å²) in [7, 11) is 0. The molecule has 0 unspecified atom stereocenters. The number of ether oxygens (including phenoxy) is 1. The van der Waals surface area contributed by atoms with Gasteiger partial charge in [0.1, 0.15) is 5.75 Å². The Balaban J connectivity index is 1.41. The van der Waals surface area contributed by atoms with Crippen molar-refractivity contribution in [3.8, 4) is 11.8 Å². The van der Waals surface area contributed by atoms with Crippen LogP contribution in [0.25, 0.3) is 17.0 Å². The van der Waals surface area contributed by atoms with Crippen molar-refractivity contribution in [3.05, 3.63) is 90.9 Å². The third kappa shape index (κ3) is 4.19. The average Bonchev–Trinajstić information content (AvgIpc) is 2.74. The number of nitrogens with zero attached hydrogens (tertiary/aromatic N) is 3. The van der Waals surface area contributed by atoms with Crippen LogP contribution in [-0.4, -0.2) is 20.9 Å². The Morgan fingerprint density at radius 3 is 2.46 bits per heavy atom. The number of fused-ring (bicyclic) bond motifs is 1. The van der Waals surface area contributed by atoms with Gasteiger partial charge in [-0.3, -0.25) is 9.78 Å². The first-order valence-corrected chi connectivity index (χ1v) is 8.66. The van der Waals surface area contributed by atoms with Crippen molar-refractivity contribution in [2.45, 2.75) is 0 Å². The first-order valence-electron chi connectivity index (χ1n) is 8.66. The highest BCUT2D eigenvalue weighted by molar-refractivity contribution is 6.03. The third-order valence-corrected chi connectivity index (χ3v) is 3.97. The molecule has 136 valence electrons. The van der Waals surface area contributed by atoms with Gasteiger partial charge < -0.3 is 10.1 Å². The Morgan fingerprint density at radius 1 is 0.857 bits per heavy atom. The van der Waals surface area contributed by atoms with Gasteiger partial charge in [-0.2, -0.15) is 0 Å². The Hall–Kier alpha value is -4.06. The molecule has 0 saturated heterocycles. The lowest BCUT2D eigenvalue weighted by molar-refractivity contribution is -0.111. The molecule has 0 radical (unpaired) electrons. The van der Waals surface area contributed by atoms with Crippen molar-refractivity contribution < 1.29 is 9.53 Å². The molecule has 0 saturated carbocycles. The van der Waals surface area contributed by atoms with E-state index < -0.39 is 0 Å². The summed E-state index contributed by atoms with van der Waals surface area (Å²) in [5, 5.41) is 3.82. The second-order valence-electron chi connectivity index (χ2n) is 5.90. The van der Waals surface area contributed by atoms with Crippen LogP contribution in [0.2, 0.25) is 0 Å². The number of hydrogen-bond donors (Lipinski definition) is 1. The lowest BCUT2D eigenvalue weighted by atomic mass is 10.1. The first kappa shape index (κ1) is 17.4. The molecular formula is C22H16N4O2. The molecule has 4 rings (SSSR count). The van der Waals surface area contributed by atoms with Crippen LogP contribution in [0.5, 0.6) is 11.8 Å². The summed E-state index contributed by atoms with van der Waals surface area (Å²) in [5.41, 5.74) is 2.49. The highest BCUT2D eigenvalue weighted by atomic mass is 16.5. The van der Waals surface area contributed by atoms with Crippen molar-refractivity contribution in [2.24, 2.45) is 0 Å². The number of carbonyl (C=O) groups is 1. The number of pyridine rings is 1. The number of para-hydroxylation sites is 1. The van der Waals surface area contributed by atoms with Crippen LogP contribution in [0.3, 0.4) is 0 Å². The van der Waals surface area contributed by atoms with Gasteiger partial charge >= 0.3 is 6.01 Å². The largest absolute Gasteiger partial charge is 0.424 e. The summed E-state index contributed by atoms with van der Waals surface area (Å²) in [6.07, 6.45) is 8.23. The van der Waals surface area contributed by atoms with E-state index in [0.717, 1.165) is 16.5 Å². The quantitative estimate of drug-likeness (QED) is 0.526. The number of rotatable bonds is 5. The fourth-order valence-corrected chi connectivity index (χ4v) is 2.66. The maximum absolute atomic E-state index is 12.2. The normalized spacial score (nSPS) is 10.9. The highest BCUT2D eigenvalue weighted by Gasteiger charge is 2.03. The number of anilines is 1. The minimum Gasteiger partial charge on any atom is -0.424 e. The number of amides is 1. The zero-order valence-corrected chi connectivity index (χ0v) is 14.8. The zero-order valence-electron chi connectivity index (χ0n) is 14.8. The summed E-state index contributed by atoms with van der Waals surface area (Å²) in [6.45, 7) is 0. The second-order valence-corrected chi connectivity index (χ2v) is 5.90. The van der Waals surface area contributed by atoms with Crippen molar-refractivity contribution in [1.29, 1.82) is 0 Å². The summed E-state index contributed by atoms with van der Waals surface area (Å²) in [6, 6.07) is 18.7. The van der Waals surface area contributed by atoms with Crippen LogP contribution in [0.15, 0.2) is 85.3 Å². The van der Waals surface area contributed by atoms with Gasteiger partial charge in [0.25, 0.3) is 0 Å². The lowest BCUT2D eigenvalue weighted by Crippen LogP contribution is -2.07. The van der Waals surface area contributed by atoms with Crippen molar-refractivity contribution in [2.75, 3.05) is 5.32 Å². The van der Waals surface area contributed by atoms with Crippen LogP contribution in [0, 0.1) is 0 Å². The van der Waals surface area contributed by atoms with E-state index in [2.05, 4.69) is 20.3 Å². The van der Waals surface area contributed by atoms with Crippen molar-refractivity contribution in [1.82, 2.24) is 15.0 Å². The molecule has 0 aliphatic heterocycles. The minimum absolute atomic E-state index is 0.221. The molecule has 0 bridgehead atoms. The van der Waals surface area contributed by atoms with E-state index in [9.17, 15) is 4.79 Å². The molecule has 2 aromatic heterocycles. The number of benzene rings is 2. The smallest absolute Gasteiger partial charge is 0.321 e. The number of hydrogen-bond acceptors (Lipinski definition) is 5. The van der Waals surface area contributed by atoms with E-state index in [1.807, 2.05) is 30.3 Å². The van der Waals surface area contributed by atoms with Crippen LogP contribution >= 0.6 is 0 Å². The first-order chi connectivity index (χ1) is 13.8. The molecule has 0 spiro atoms.